The van der Waals surface area contributed by atoms with Crippen molar-refractivity contribution < 1.29 is 0 Å². The second kappa shape index (κ2) is 5.23. The van der Waals surface area contributed by atoms with Crippen molar-refractivity contribution in [2.45, 2.75) is 13.0 Å². The van der Waals surface area contributed by atoms with Crippen molar-refractivity contribution in [3.8, 4) is 0 Å². The summed E-state index contributed by atoms with van der Waals surface area (Å²) in [6.45, 7) is 1.99. The van der Waals surface area contributed by atoms with Crippen LogP contribution in [0.5, 0.6) is 0 Å². The normalized spacial score (nSPS) is 12.4. The van der Waals surface area contributed by atoms with E-state index < -0.39 is 0 Å². The number of hydrogen-bond donors (Lipinski definition) is 2. The highest BCUT2D eigenvalue weighted by molar-refractivity contribution is 6.29. The Morgan fingerprint density at radius 1 is 1.24 bits per heavy atom. The van der Waals surface area contributed by atoms with E-state index in [-0.39, 0.29) is 6.04 Å². The summed E-state index contributed by atoms with van der Waals surface area (Å²) in [7, 11) is 0. The topological polar surface area (TPSA) is 63.8 Å². The molecule has 4 nitrogen and oxygen atoms in total. The number of halogens is 1. The molecule has 0 aromatic carbocycles. The van der Waals surface area contributed by atoms with E-state index in [4.69, 9.17) is 17.4 Å². The summed E-state index contributed by atoms with van der Waals surface area (Å²) in [5.41, 5.74) is 5.79. The third kappa shape index (κ3) is 2.79. The highest BCUT2D eigenvalue weighted by Gasteiger charge is 2.13. The van der Waals surface area contributed by atoms with E-state index in [1.54, 1.807) is 24.7 Å². The lowest BCUT2D eigenvalue weighted by Crippen LogP contribution is -2.29. The first-order valence-electron chi connectivity index (χ1n) is 5.20. The molecule has 0 aliphatic rings. The lowest BCUT2D eigenvalue weighted by atomic mass is 10.0. The first kappa shape index (κ1) is 12.0. The molecule has 0 saturated carbocycles. The Morgan fingerprint density at radius 2 is 2.06 bits per heavy atom. The number of pyridine rings is 2. The van der Waals surface area contributed by atoms with Crippen LogP contribution < -0.4 is 11.3 Å². The van der Waals surface area contributed by atoms with E-state index in [0.29, 0.717) is 5.15 Å². The first-order valence-corrected chi connectivity index (χ1v) is 5.57. The van der Waals surface area contributed by atoms with Crippen molar-refractivity contribution in [1.29, 1.82) is 0 Å². The molecule has 17 heavy (non-hydrogen) atoms. The Bertz CT molecular complexity index is 498. The fraction of sp³-hybridized carbons (Fsp3) is 0.167. The molecule has 5 heteroatoms. The maximum absolute atomic E-state index is 5.76. The summed E-state index contributed by atoms with van der Waals surface area (Å²) in [6, 6.07) is 5.53. The average Bonchev–Trinajstić information content (AvgIpc) is 2.33. The molecule has 1 atom stereocenters. The van der Waals surface area contributed by atoms with Crippen molar-refractivity contribution in [2.24, 2.45) is 5.84 Å². The summed E-state index contributed by atoms with van der Waals surface area (Å²) in [5, 5.41) is 0.465. The molecule has 0 radical (unpaired) electrons. The largest absolute Gasteiger partial charge is 0.271 e. The first-order chi connectivity index (χ1) is 8.20. The monoisotopic (exact) mass is 248 g/mol. The molecular weight excluding hydrogens is 236 g/mol. The van der Waals surface area contributed by atoms with Gasteiger partial charge in [0.1, 0.15) is 5.15 Å². The predicted octanol–water partition coefficient (Wildman–Crippen LogP) is 1.99. The highest BCUT2D eigenvalue weighted by atomic mass is 35.5. The summed E-state index contributed by atoms with van der Waals surface area (Å²) >= 11 is 5.76. The molecule has 0 bridgehead atoms. The molecule has 0 fully saturated rings. The van der Waals surface area contributed by atoms with Crippen molar-refractivity contribution in [3.63, 3.8) is 0 Å². The second-order valence-electron chi connectivity index (χ2n) is 3.81. The molecule has 0 amide bonds. The Balaban J connectivity index is 2.36. The molecule has 0 aliphatic carbocycles. The number of nitrogens with two attached hydrogens (primary N) is 1. The average molecular weight is 249 g/mol. The number of hydrazine groups is 1. The lowest BCUT2D eigenvalue weighted by Gasteiger charge is -2.16. The molecule has 2 heterocycles. The van der Waals surface area contributed by atoms with Gasteiger partial charge in [-0.25, -0.2) is 10.4 Å². The van der Waals surface area contributed by atoms with E-state index >= 15 is 0 Å². The van der Waals surface area contributed by atoms with Gasteiger partial charge in [0.05, 0.1) is 6.04 Å². The van der Waals surface area contributed by atoms with Crippen LogP contribution in [0.15, 0.2) is 36.8 Å². The number of hydrogen-bond acceptors (Lipinski definition) is 4. The Morgan fingerprint density at radius 3 is 2.65 bits per heavy atom. The van der Waals surface area contributed by atoms with Crippen LogP contribution in [0, 0.1) is 6.92 Å². The number of nitrogens with zero attached hydrogens (tertiary/aromatic N) is 2. The van der Waals surface area contributed by atoms with Gasteiger partial charge in [0.25, 0.3) is 0 Å². The zero-order valence-corrected chi connectivity index (χ0v) is 10.1. The minimum absolute atomic E-state index is 0.132. The summed E-state index contributed by atoms with van der Waals surface area (Å²) in [5.74, 6) is 5.59. The fourth-order valence-electron chi connectivity index (χ4n) is 1.68. The fourth-order valence-corrected chi connectivity index (χ4v) is 1.79. The van der Waals surface area contributed by atoms with E-state index in [2.05, 4.69) is 15.4 Å². The van der Waals surface area contributed by atoms with Gasteiger partial charge in [-0.2, -0.15) is 0 Å². The maximum Gasteiger partial charge on any atom is 0.129 e. The van der Waals surface area contributed by atoms with Gasteiger partial charge in [0, 0.05) is 18.6 Å². The van der Waals surface area contributed by atoms with Crippen LogP contribution in [0.3, 0.4) is 0 Å². The molecule has 2 aromatic rings. The third-order valence-corrected chi connectivity index (χ3v) is 2.70. The second-order valence-corrected chi connectivity index (χ2v) is 4.20. The number of aromatic nitrogens is 2. The van der Waals surface area contributed by atoms with Crippen LogP contribution in [0.2, 0.25) is 5.15 Å². The van der Waals surface area contributed by atoms with Crippen LogP contribution in [0.1, 0.15) is 22.7 Å². The van der Waals surface area contributed by atoms with E-state index in [1.807, 2.05) is 19.1 Å². The highest BCUT2D eigenvalue weighted by Crippen LogP contribution is 2.21. The molecular formula is C12H13ClN4. The Labute approximate surface area is 105 Å². The molecule has 0 saturated heterocycles. The lowest BCUT2D eigenvalue weighted by molar-refractivity contribution is 0.632. The van der Waals surface area contributed by atoms with E-state index in [1.165, 1.54) is 0 Å². The number of rotatable bonds is 3. The molecule has 0 aliphatic heterocycles. The number of aryl methyl sites for hydroxylation is 1. The molecule has 2 aromatic heterocycles. The van der Waals surface area contributed by atoms with Crippen LogP contribution >= 0.6 is 11.6 Å². The quantitative estimate of drug-likeness (QED) is 0.495. The van der Waals surface area contributed by atoms with Crippen LogP contribution in [-0.4, -0.2) is 9.97 Å². The zero-order valence-electron chi connectivity index (χ0n) is 9.39. The van der Waals surface area contributed by atoms with Crippen LogP contribution in [0.25, 0.3) is 0 Å². The minimum Gasteiger partial charge on any atom is -0.271 e. The van der Waals surface area contributed by atoms with Crippen molar-refractivity contribution >= 4 is 11.6 Å². The summed E-state index contributed by atoms with van der Waals surface area (Å²) in [6.07, 6.45) is 5.29. The smallest absolute Gasteiger partial charge is 0.129 e. The summed E-state index contributed by atoms with van der Waals surface area (Å²) < 4.78 is 0. The van der Waals surface area contributed by atoms with E-state index in [9.17, 15) is 0 Å². The zero-order chi connectivity index (χ0) is 12.3. The third-order valence-electron chi connectivity index (χ3n) is 2.48. The van der Waals surface area contributed by atoms with Crippen LogP contribution in [-0.2, 0) is 0 Å². The van der Waals surface area contributed by atoms with Gasteiger partial charge in [-0.15, -0.1) is 0 Å². The minimum atomic E-state index is -0.132. The van der Waals surface area contributed by atoms with Gasteiger partial charge in [-0.3, -0.25) is 10.8 Å². The number of nitrogens with one attached hydrogen (secondary N) is 1. The van der Waals surface area contributed by atoms with Crippen molar-refractivity contribution in [3.05, 3.63) is 58.6 Å². The molecule has 88 valence electrons. The van der Waals surface area contributed by atoms with Gasteiger partial charge < -0.3 is 0 Å². The SMILES string of the molecule is Cc1cncc(C(NN)c2ccc(Cl)nc2)c1. The van der Waals surface area contributed by atoms with Crippen molar-refractivity contribution in [1.82, 2.24) is 15.4 Å². The molecule has 1 unspecified atom stereocenters. The Kier molecular flexibility index (Phi) is 3.68. The maximum atomic E-state index is 5.76. The molecule has 0 spiro atoms. The standard InChI is InChI=1S/C12H13ClN4/c1-8-4-10(6-15-5-8)12(17-14)9-2-3-11(13)16-7-9/h2-7,12,17H,14H2,1H3. The van der Waals surface area contributed by atoms with Gasteiger partial charge in [-0.05, 0) is 29.7 Å². The Hall–Kier alpha value is -1.49. The van der Waals surface area contributed by atoms with E-state index in [0.717, 1.165) is 16.7 Å². The predicted molar refractivity (Wildman–Crippen MR) is 67.4 cm³/mol. The van der Waals surface area contributed by atoms with Crippen molar-refractivity contribution in [2.75, 3.05) is 0 Å². The van der Waals surface area contributed by atoms with Gasteiger partial charge in [0.15, 0.2) is 0 Å². The molecule has 3 N–H and O–H groups in total. The van der Waals surface area contributed by atoms with Gasteiger partial charge in [-0.1, -0.05) is 23.7 Å². The molecule has 2 rings (SSSR count). The van der Waals surface area contributed by atoms with Crippen LogP contribution in [0.4, 0.5) is 0 Å². The summed E-state index contributed by atoms with van der Waals surface area (Å²) in [4.78, 5) is 8.20. The van der Waals surface area contributed by atoms with Gasteiger partial charge >= 0.3 is 0 Å². The van der Waals surface area contributed by atoms with Gasteiger partial charge in [0.2, 0.25) is 0 Å².